The second kappa shape index (κ2) is 5.78. The van der Waals surface area contributed by atoms with Gasteiger partial charge in [0, 0.05) is 6.04 Å². The molecular weight excluding hydrogens is 224 g/mol. The number of aromatic nitrogens is 3. The fraction of sp³-hybridized carbons (Fsp3) is 0.429. The zero-order valence-corrected chi connectivity index (χ0v) is 11.2. The third-order valence-corrected chi connectivity index (χ3v) is 2.95. The van der Waals surface area contributed by atoms with Crippen molar-refractivity contribution in [3.05, 3.63) is 47.5 Å². The van der Waals surface area contributed by atoms with Gasteiger partial charge in [-0.3, -0.25) is 0 Å². The van der Waals surface area contributed by atoms with Gasteiger partial charge < -0.3 is 5.32 Å². The molecule has 1 aromatic heterocycles. The van der Waals surface area contributed by atoms with E-state index in [-0.39, 0.29) is 0 Å². The van der Waals surface area contributed by atoms with Crippen LogP contribution in [0.4, 0.5) is 0 Å². The predicted molar refractivity (Wildman–Crippen MR) is 72.3 cm³/mol. The number of aryl methyl sites for hydroxylation is 1. The van der Waals surface area contributed by atoms with Gasteiger partial charge in [0.15, 0.2) is 0 Å². The smallest absolute Gasteiger partial charge is 0.141 e. The van der Waals surface area contributed by atoms with E-state index < -0.39 is 0 Å². The fourth-order valence-corrected chi connectivity index (χ4v) is 1.80. The summed E-state index contributed by atoms with van der Waals surface area (Å²) in [5.41, 5.74) is 2.57. The van der Waals surface area contributed by atoms with Crippen molar-refractivity contribution in [1.82, 2.24) is 20.1 Å². The van der Waals surface area contributed by atoms with E-state index in [2.05, 4.69) is 60.4 Å². The van der Waals surface area contributed by atoms with Crippen LogP contribution in [0.5, 0.6) is 0 Å². The highest BCUT2D eigenvalue weighted by Crippen LogP contribution is 2.09. The van der Waals surface area contributed by atoms with Crippen LogP contribution in [0.1, 0.15) is 30.8 Å². The van der Waals surface area contributed by atoms with Crippen LogP contribution in [-0.4, -0.2) is 20.8 Å². The van der Waals surface area contributed by atoms with Crippen LogP contribution in [0.15, 0.2) is 30.6 Å². The fourth-order valence-electron chi connectivity index (χ4n) is 1.80. The van der Waals surface area contributed by atoms with Crippen LogP contribution >= 0.6 is 0 Å². The molecule has 0 aliphatic carbocycles. The molecule has 0 amide bonds. The lowest BCUT2D eigenvalue weighted by molar-refractivity contribution is 0.538. The molecule has 0 aliphatic rings. The first-order valence-electron chi connectivity index (χ1n) is 6.31. The topological polar surface area (TPSA) is 42.7 Å². The highest BCUT2D eigenvalue weighted by Gasteiger charge is 2.06. The maximum absolute atomic E-state index is 4.30. The van der Waals surface area contributed by atoms with Crippen molar-refractivity contribution in [2.45, 2.75) is 39.9 Å². The molecule has 0 unspecified atom stereocenters. The summed E-state index contributed by atoms with van der Waals surface area (Å²) >= 11 is 0. The van der Waals surface area contributed by atoms with Crippen molar-refractivity contribution >= 4 is 0 Å². The van der Waals surface area contributed by atoms with Crippen molar-refractivity contribution < 1.29 is 0 Å². The van der Waals surface area contributed by atoms with E-state index in [0.29, 0.717) is 6.04 Å². The third-order valence-electron chi connectivity index (χ3n) is 2.95. The van der Waals surface area contributed by atoms with Gasteiger partial charge in [0.25, 0.3) is 0 Å². The van der Waals surface area contributed by atoms with E-state index >= 15 is 0 Å². The van der Waals surface area contributed by atoms with E-state index in [9.17, 15) is 0 Å². The second-order valence-corrected chi connectivity index (χ2v) is 4.80. The minimum absolute atomic E-state index is 0.452. The lowest BCUT2D eigenvalue weighted by Crippen LogP contribution is -2.24. The van der Waals surface area contributed by atoms with Crippen molar-refractivity contribution in [3.63, 3.8) is 0 Å². The highest BCUT2D eigenvalue weighted by molar-refractivity contribution is 5.25. The van der Waals surface area contributed by atoms with Crippen molar-refractivity contribution in [1.29, 1.82) is 0 Å². The summed E-state index contributed by atoms with van der Waals surface area (Å²) in [5.74, 6) is 0.979. The van der Waals surface area contributed by atoms with Gasteiger partial charge in [-0.1, -0.05) is 38.1 Å². The van der Waals surface area contributed by atoms with Crippen molar-refractivity contribution in [3.8, 4) is 0 Å². The molecule has 96 valence electrons. The van der Waals surface area contributed by atoms with Crippen LogP contribution < -0.4 is 5.32 Å². The molecule has 0 atom stereocenters. The zero-order chi connectivity index (χ0) is 13.0. The van der Waals surface area contributed by atoms with Crippen LogP contribution in [0.3, 0.4) is 0 Å². The molecule has 0 saturated carbocycles. The SMILES string of the molecule is Cc1ccccc1Cn1ncnc1CNC(C)C. The molecule has 2 rings (SSSR count). The van der Waals surface area contributed by atoms with E-state index in [1.54, 1.807) is 6.33 Å². The maximum atomic E-state index is 4.30. The van der Waals surface area contributed by atoms with Gasteiger partial charge in [-0.15, -0.1) is 0 Å². The lowest BCUT2D eigenvalue weighted by atomic mass is 10.1. The van der Waals surface area contributed by atoms with Gasteiger partial charge in [0.1, 0.15) is 12.2 Å². The number of nitrogens with zero attached hydrogens (tertiary/aromatic N) is 3. The Morgan fingerprint density at radius 2 is 2.06 bits per heavy atom. The average molecular weight is 244 g/mol. The van der Waals surface area contributed by atoms with Gasteiger partial charge >= 0.3 is 0 Å². The Balaban J connectivity index is 2.10. The van der Waals surface area contributed by atoms with Gasteiger partial charge in [-0.2, -0.15) is 5.10 Å². The Kier molecular flexibility index (Phi) is 4.10. The Morgan fingerprint density at radius 1 is 1.28 bits per heavy atom. The Hall–Kier alpha value is -1.68. The highest BCUT2D eigenvalue weighted by atomic mass is 15.3. The quantitative estimate of drug-likeness (QED) is 0.876. The first-order valence-corrected chi connectivity index (χ1v) is 6.31. The molecule has 1 N–H and O–H groups in total. The molecule has 4 heteroatoms. The van der Waals surface area contributed by atoms with Gasteiger partial charge in [-0.05, 0) is 18.1 Å². The molecule has 2 aromatic rings. The first kappa shape index (κ1) is 12.8. The molecule has 1 aromatic carbocycles. The van der Waals surface area contributed by atoms with Crippen LogP contribution in [0, 0.1) is 6.92 Å². The molecule has 0 aliphatic heterocycles. The summed E-state index contributed by atoms with van der Waals surface area (Å²) in [6.45, 7) is 7.91. The molecule has 0 spiro atoms. The summed E-state index contributed by atoms with van der Waals surface area (Å²) in [6, 6.07) is 8.83. The summed E-state index contributed by atoms with van der Waals surface area (Å²) in [7, 11) is 0. The minimum Gasteiger partial charge on any atom is -0.308 e. The molecule has 0 fully saturated rings. The molecule has 1 heterocycles. The monoisotopic (exact) mass is 244 g/mol. The van der Waals surface area contributed by atoms with E-state index in [0.717, 1.165) is 18.9 Å². The van der Waals surface area contributed by atoms with E-state index in [4.69, 9.17) is 0 Å². The van der Waals surface area contributed by atoms with Gasteiger partial charge in [-0.25, -0.2) is 9.67 Å². The zero-order valence-electron chi connectivity index (χ0n) is 11.2. The molecule has 18 heavy (non-hydrogen) atoms. The normalized spacial score (nSPS) is 11.1. The summed E-state index contributed by atoms with van der Waals surface area (Å²) < 4.78 is 1.96. The van der Waals surface area contributed by atoms with Crippen LogP contribution in [-0.2, 0) is 13.1 Å². The van der Waals surface area contributed by atoms with Gasteiger partial charge in [0.2, 0.25) is 0 Å². The summed E-state index contributed by atoms with van der Waals surface area (Å²) in [4.78, 5) is 4.30. The summed E-state index contributed by atoms with van der Waals surface area (Å²) in [5, 5.41) is 7.66. The molecule has 0 saturated heterocycles. The second-order valence-electron chi connectivity index (χ2n) is 4.80. The average Bonchev–Trinajstić information content (AvgIpc) is 2.77. The van der Waals surface area contributed by atoms with Crippen molar-refractivity contribution in [2.75, 3.05) is 0 Å². The lowest BCUT2D eigenvalue weighted by Gasteiger charge is -2.10. The van der Waals surface area contributed by atoms with E-state index in [1.165, 1.54) is 11.1 Å². The van der Waals surface area contributed by atoms with Crippen molar-refractivity contribution in [2.24, 2.45) is 0 Å². The van der Waals surface area contributed by atoms with Gasteiger partial charge in [0.05, 0.1) is 13.1 Å². The molecule has 4 nitrogen and oxygen atoms in total. The van der Waals surface area contributed by atoms with Crippen LogP contribution in [0.25, 0.3) is 0 Å². The Bertz CT molecular complexity index is 502. The largest absolute Gasteiger partial charge is 0.308 e. The minimum atomic E-state index is 0.452. The Labute approximate surface area is 108 Å². The third kappa shape index (κ3) is 3.17. The first-order chi connectivity index (χ1) is 8.66. The molecule has 0 bridgehead atoms. The van der Waals surface area contributed by atoms with E-state index in [1.807, 2.05) is 4.68 Å². The number of hydrogen-bond donors (Lipinski definition) is 1. The Morgan fingerprint density at radius 3 is 2.78 bits per heavy atom. The number of hydrogen-bond acceptors (Lipinski definition) is 3. The summed E-state index contributed by atoms with van der Waals surface area (Å²) in [6.07, 6.45) is 1.62. The molecule has 0 radical (unpaired) electrons. The predicted octanol–water partition coefficient (Wildman–Crippen LogP) is 2.13. The number of nitrogens with one attached hydrogen (secondary N) is 1. The standard InChI is InChI=1S/C14H20N4/c1-11(2)15-8-14-16-10-17-18(14)9-13-7-5-4-6-12(13)3/h4-7,10-11,15H,8-9H2,1-3H3. The number of rotatable bonds is 5. The molecular formula is C14H20N4. The maximum Gasteiger partial charge on any atom is 0.141 e. The number of benzene rings is 1. The van der Waals surface area contributed by atoms with Crippen LogP contribution in [0.2, 0.25) is 0 Å².